The van der Waals surface area contributed by atoms with E-state index in [2.05, 4.69) is 25.3 Å². The summed E-state index contributed by atoms with van der Waals surface area (Å²) in [6.45, 7) is 4.89. The number of carbonyl (C=O) groups is 1. The minimum absolute atomic E-state index is 0.0540. The van der Waals surface area contributed by atoms with Gasteiger partial charge in [0.1, 0.15) is 0 Å². The smallest absolute Gasteiger partial charge is 0.241 e. The van der Waals surface area contributed by atoms with Crippen LogP contribution in [0.15, 0.2) is 53.3 Å². The van der Waals surface area contributed by atoms with Gasteiger partial charge in [0.05, 0.1) is 6.54 Å². The van der Waals surface area contributed by atoms with E-state index < -0.39 is 0 Å². The molecule has 1 saturated heterocycles. The largest absolute Gasteiger partial charge is 0.352 e. The molecule has 1 amide bonds. The second-order valence-electron chi connectivity index (χ2n) is 7.45. The molecule has 2 aromatic heterocycles. The number of nitrogens with zero attached hydrogens (tertiary/aromatic N) is 4. The van der Waals surface area contributed by atoms with Crippen molar-refractivity contribution in [2.45, 2.75) is 32.9 Å². The van der Waals surface area contributed by atoms with Crippen LogP contribution in [0, 0.1) is 12.8 Å². The predicted octanol–water partition coefficient (Wildman–Crippen LogP) is 2.97. The molecule has 0 aliphatic carbocycles. The van der Waals surface area contributed by atoms with Crippen LogP contribution >= 0.6 is 0 Å². The van der Waals surface area contributed by atoms with Gasteiger partial charge in [-0.25, -0.2) is 0 Å². The Morgan fingerprint density at radius 1 is 1.17 bits per heavy atom. The van der Waals surface area contributed by atoms with E-state index in [1.165, 1.54) is 0 Å². The van der Waals surface area contributed by atoms with Gasteiger partial charge in [-0.15, -0.1) is 0 Å². The van der Waals surface area contributed by atoms with E-state index in [0.717, 1.165) is 42.6 Å². The van der Waals surface area contributed by atoms with Gasteiger partial charge in [-0.3, -0.25) is 14.7 Å². The van der Waals surface area contributed by atoms with Crippen molar-refractivity contribution in [3.63, 3.8) is 0 Å². The second kappa shape index (κ2) is 8.96. The molecule has 3 heterocycles. The van der Waals surface area contributed by atoms with E-state index in [4.69, 9.17) is 4.52 Å². The van der Waals surface area contributed by atoms with Gasteiger partial charge < -0.3 is 9.84 Å². The molecule has 29 heavy (non-hydrogen) atoms. The first kappa shape index (κ1) is 19.3. The summed E-state index contributed by atoms with van der Waals surface area (Å²) in [6.07, 6.45) is 5.14. The number of pyridine rings is 1. The van der Waals surface area contributed by atoms with Crippen molar-refractivity contribution in [1.82, 2.24) is 25.3 Å². The van der Waals surface area contributed by atoms with Gasteiger partial charge in [-0.1, -0.05) is 29.4 Å². The van der Waals surface area contributed by atoms with Crippen molar-refractivity contribution in [2.75, 3.05) is 13.1 Å². The lowest BCUT2D eigenvalue weighted by atomic mass is 9.96. The summed E-state index contributed by atoms with van der Waals surface area (Å²) in [4.78, 5) is 23.2. The van der Waals surface area contributed by atoms with Crippen LogP contribution in [-0.2, 0) is 17.9 Å². The molecule has 0 bridgehead atoms. The van der Waals surface area contributed by atoms with Gasteiger partial charge in [0.15, 0.2) is 0 Å². The van der Waals surface area contributed by atoms with Crippen LogP contribution in [0.3, 0.4) is 0 Å². The molecule has 150 valence electrons. The predicted molar refractivity (Wildman–Crippen MR) is 109 cm³/mol. The van der Waals surface area contributed by atoms with Gasteiger partial charge in [-0.05, 0) is 56.1 Å². The van der Waals surface area contributed by atoms with Gasteiger partial charge in [0.25, 0.3) is 0 Å². The molecule has 7 heteroatoms. The molecule has 0 atom stereocenters. The zero-order valence-electron chi connectivity index (χ0n) is 16.5. The van der Waals surface area contributed by atoms with Crippen molar-refractivity contribution >= 4 is 5.91 Å². The monoisotopic (exact) mass is 391 g/mol. The van der Waals surface area contributed by atoms with Crippen LogP contribution in [-0.4, -0.2) is 39.0 Å². The summed E-state index contributed by atoms with van der Waals surface area (Å²) in [7, 11) is 0. The van der Waals surface area contributed by atoms with E-state index in [0.29, 0.717) is 24.8 Å². The molecule has 0 radical (unpaired) electrons. The molecule has 1 aromatic carbocycles. The maximum atomic E-state index is 12.4. The minimum atomic E-state index is 0.0540. The van der Waals surface area contributed by atoms with Crippen molar-refractivity contribution < 1.29 is 9.32 Å². The van der Waals surface area contributed by atoms with Gasteiger partial charge >= 0.3 is 0 Å². The summed E-state index contributed by atoms with van der Waals surface area (Å²) < 4.78 is 5.45. The fraction of sp³-hybridized carbons (Fsp3) is 0.364. The van der Waals surface area contributed by atoms with Crippen LogP contribution in [0.25, 0.3) is 11.4 Å². The topological polar surface area (TPSA) is 84.2 Å². The fourth-order valence-corrected chi connectivity index (χ4v) is 3.63. The lowest BCUT2D eigenvalue weighted by Crippen LogP contribution is -2.40. The number of rotatable bonds is 6. The number of piperidine rings is 1. The highest BCUT2D eigenvalue weighted by Crippen LogP contribution is 2.22. The third-order valence-corrected chi connectivity index (χ3v) is 5.39. The molecule has 0 saturated carbocycles. The summed E-state index contributed by atoms with van der Waals surface area (Å²) in [5.41, 5.74) is 3.18. The Morgan fingerprint density at radius 3 is 2.69 bits per heavy atom. The lowest BCUT2D eigenvalue weighted by Gasteiger charge is -2.30. The highest BCUT2D eigenvalue weighted by Gasteiger charge is 2.26. The zero-order valence-corrected chi connectivity index (χ0v) is 16.5. The third kappa shape index (κ3) is 4.86. The van der Waals surface area contributed by atoms with Crippen molar-refractivity contribution in [2.24, 2.45) is 5.92 Å². The second-order valence-corrected chi connectivity index (χ2v) is 7.45. The molecule has 1 N–H and O–H groups in total. The lowest BCUT2D eigenvalue weighted by molar-refractivity contribution is -0.126. The quantitative estimate of drug-likeness (QED) is 0.695. The molecular formula is C22H25N5O2. The van der Waals surface area contributed by atoms with Crippen molar-refractivity contribution in [3.8, 4) is 11.4 Å². The molecule has 1 aliphatic rings. The Labute approximate surface area is 170 Å². The van der Waals surface area contributed by atoms with Crippen molar-refractivity contribution in [3.05, 3.63) is 65.8 Å². The highest BCUT2D eigenvalue weighted by atomic mass is 16.5. The Balaban J connectivity index is 1.26. The number of hydrogen-bond acceptors (Lipinski definition) is 6. The van der Waals surface area contributed by atoms with Crippen LogP contribution in [0.4, 0.5) is 0 Å². The van der Waals surface area contributed by atoms with E-state index in [1.54, 1.807) is 12.4 Å². The summed E-state index contributed by atoms with van der Waals surface area (Å²) in [5.74, 6) is 1.42. The number of nitrogens with one attached hydrogen (secondary N) is 1. The average molecular weight is 391 g/mol. The van der Waals surface area contributed by atoms with E-state index in [9.17, 15) is 4.79 Å². The Bertz CT molecular complexity index is 949. The number of likely N-dealkylation sites (tertiary alicyclic amines) is 1. The normalized spacial score (nSPS) is 15.3. The average Bonchev–Trinajstić information content (AvgIpc) is 3.22. The Kier molecular flexibility index (Phi) is 5.95. The van der Waals surface area contributed by atoms with E-state index >= 15 is 0 Å². The highest BCUT2D eigenvalue weighted by molar-refractivity contribution is 5.78. The molecule has 1 aliphatic heterocycles. The number of amides is 1. The molecular weight excluding hydrogens is 366 g/mol. The summed E-state index contributed by atoms with van der Waals surface area (Å²) in [5, 5.41) is 7.16. The fourth-order valence-electron chi connectivity index (χ4n) is 3.63. The zero-order chi connectivity index (χ0) is 20.1. The minimum Gasteiger partial charge on any atom is -0.352 e. The number of aromatic nitrogens is 3. The first-order valence-electron chi connectivity index (χ1n) is 9.96. The standard InChI is InChI=1S/C22H25N5O2/c1-16-4-2-3-5-19(16)21-25-20(29-26-21)15-27-12-8-18(9-13-27)22(28)24-14-17-6-10-23-11-7-17/h2-7,10-11,18H,8-9,12-15H2,1H3,(H,24,28). The molecule has 0 spiro atoms. The molecule has 1 fully saturated rings. The summed E-state index contributed by atoms with van der Waals surface area (Å²) in [6, 6.07) is 11.8. The molecule has 4 rings (SSSR count). The maximum absolute atomic E-state index is 12.4. The van der Waals surface area contributed by atoms with Crippen LogP contribution < -0.4 is 5.32 Å². The number of aryl methyl sites for hydroxylation is 1. The number of hydrogen-bond donors (Lipinski definition) is 1. The van der Waals surface area contributed by atoms with Gasteiger partial charge in [0, 0.05) is 30.4 Å². The Morgan fingerprint density at radius 2 is 1.93 bits per heavy atom. The first-order valence-corrected chi connectivity index (χ1v) is 9.96. The Hall–Kier alpha value is -3.06. The van der Waals surface area contributed by atoms with E-state index in [1.807, 2.05) is 43.3 Å². The number of carbonyl (C=O) groups excluding carboxylic acids is 1. The summed E-state index contributed by atoms with van der Waals surface area (Å²) >= 11 is 0. The van der Waals surface area contributed by atoms with Crippen LogP contribution in [0.2, 0.25) is 0 Å². The SMILES string of the molecule is Cc1ccccc1-c1noc(CN2CCC(C(=O)NCc3ccncc3)CC2)n1. The first-order chi connectivity index (χ1) is 14.2. The maximum Gasteiger partial charge on any atom is 0.241 e. The molecule has 7 nitrogen and oxygen atoms in total. The van der Waals surface area contributed by atoms with Gasteiger partial charge in [-0.2, -0.15) is 4.98 Å². The van der Waals surface area contributed by atoms with Crippen LogP contribution in [0.5, 0.6) is 0 Å². The van der Waals surface area contributed by atoms with Crippen molar-refractivity contribution in [1.29, 1.82) is 0 Å². The number of benzene rings is 1. The van der Waals surface area contributed by atoms with Crippen LogP contribution in [0.1, 0.15) is 29.9 Å². The third-order valence-electron chi connectivity index (χ3n) is 5.39. The van der Waals surface area contributed by atoms with Gasteiger partial charge in [0.2, 0.25) is 17.6 Å². The van der Waals surface area contributed by atoms with E-state index in [-0.39, 0.29) is 11.8 Å². The molecule has 0 unspecified atom stereocenters. The molecule has 3 aromatic rings.